The molecule has 2 N–H and O–H groups in total. The molecule has 2 aromatic carbocycles. The number of aromatic amines is 1. The van der Waals surface area contributed by atoms with Gasteiger partial charge in [0.25, 0.3) is 5.91 Å². The van der Waals surface area contributed by atoms with Crippen molar-refractivity contribution in [2.24, 2.45) is 0 Å². The number of anilines is 3. The molecule has 0 saturated carbocycles. The first kappa shape index (κ1) is 24.5. The molecule has 3 aliphatic rings. The number of likely N-dealkylation sites (tertiary alicyclic amines) is 1. The van der Waals surface area contributed by atoms with Gasteiger partial charge in [-0.1, -0.05) is 12.1 Å². The largest absolute Gasteiger partial charge is 0.348 e. The molecule has 11 heteroatoms. The summed E-state index contributed by atoms with van der Waals surface area (Å²) < 4.78 is 23.4. The van der Waals surface area contributed by atoms with Crippen molar-refractivity contribution in [3.8, 4) is 0 Å². The fourth-order valence-electron chi connectivity index (χ4n) is 5.66. The molecule has 198 valence electrons. The van der Waals surface area contributed by atoms with Crippen LogP contribution in [0.25, 0.3) is 0 Å². The monoisotopic (exact) mass is 534 g/mol. The van der Waals surface area contributed by atoms with Crippen LogP contribution in [0.2, 0.25) is 0 Å². The number of aromatic nitrogens is 2. The van der Waals surface area contributed by atoms with Crippen LogP contribution in [0, 0.1) is 0 Å². The molecule has 3 amide bonds. The molecular formula is C27H30N6O4S. The summed E-state index contributed by atoms with van der Waals surface area (Å²) in [5.74, 6) is 0.141. The SMILES string of the molecule is O=C(NC1CCS(=O)(=O)C1)c1ccc(N2CCN(C(=O)N3CCC(c4cn[nH]c4)C3)c3ccccc32)cc1. The number of hydrogen-bond donors (Lipinski definition) is 2. The molecule has 0 bridgehead atoms. The molecule has 2 atom stereocenters. The van der Waals surface area contributed by atoms with Gasteiger partial charge < -0.3 is 15.1 Å². The van der Waals surface area contributed by atoms with Crippen molar-refractivity contribution < 1.29 is 18.0 Å². The van der Waals surface area contributed by atoms with Gasteiger partial charge in [-0.05, 0) is 54.8 Å². The Balaban J connectivity index is 1.16. The van der Waals surface area contributed by atoms with Crippen LogP contribution >= 0.6 is 0 Å². The van der Waals surface area contributed by atoms with E-state index in [4.69, 9.17) is 0 Å². The van der Waals surface area contributed by atoms with Crippen LogP contribution in [-0.4, -0.2) is 79.2 Å². The Morgan fingerprint density at radius 2 is 1.76 bits per heavy atom. The maximum Gasteiger partial charge on any atom is 0.324 e. The Morgan fingerprint density at radius 1 is 0.974 bits per heavy atom. The number of amides is 3. The summed E-state index contributed by atoms with van der Waals surface area (Å²) in [4.78, 5) is 32.2. The summed E-state index contributed by atoms with van der Waals surface area (Å²) >= 11 is 0. The van der Waals surface area contributed by atoms with Gasteiger partial charge in [-0.3, -0.25) is 14.8 Å². The van der Waals surface area contributed by atoms with E-state index in [2.05, 4.69) is 20.4 Å². The molecule has 0 aliphatic carbocycles. The third-order valence-electron chi connectivity index (χ3n) is 7.70. The number of hydrogen-bond acceptors (Lipinski definition) is 6. The predicted octanol–water partition coefficient (Wildman–Crippen LogP) is 2.89. The Labute approximate surface area is 221 Å². The number of para-hydroxylation sites is 2. The molecule has 6 rings (SSSR count). The van der Waals surface area contributed by atoms with E-state index >= 15 is 0 Å². The first-order valence-electron chi connectivity index (χ1n) is 12.9. The zero-order valence-corrected chi connectivity index (χ0v) is 21.7. The summed E-state index contributed by atoms with van der Waals surface area (Å²) in [5, 5.41) is 9.75. The molecule has 3 aliphatic heterocycles. The van der Waals surface area contributed by atoms with Crippen LogP contribution in [0.3, 0.4) is 0 Å². The van der Waals surface area contributed by atoms with Crippen molar-refractivity contribution in [2.45, 2.75) is 24.8 Å². The van der Waals surface area contributed by atoms with Crippen molar-refractivity contribution in [1.82, 2.24) is 20.4 Å². The molecule has 2 fully saturated rings. The van der Waals surface area contributed by atoms with Gasteiger partial charge in [0, 0.05) is 55.6 Å². The van der Waals surface area contributed by atoms with Gasteiger partial charge in [0.15, 0.2) is 9.84 Å². The Morgan fingerprint density at radius 3 is 2.47 bits per heavy atom. The second-order valence-electron chi connectivity index (χ2n) is 10.2. The zero-order valence-electron chi connectivity index (χ0n) is 20.9. The van der Waals surface area contributed by atoms with Crippen molar-refractivity contribution >= 4 is 38.8 Å². The van der Waals surface area contributed by atoms with E-state index in [9.17, 15) is 18.0 Å². The Kier molecular flexibility index (Phi) is 6.30. The standard InChI is InChI=1S/C27H30N6O4S/c34-26(30-22-10-14-38(36,37)18-22)19-5-7-23(8-6-19)32-12-13-33(25-4-2-1-3-24(25)32)27(35)31-11-9-20(17-31)21-15-28-29-16-21/h1-8,15-16,20,22H,9-14,17-18H2,(H,28,29)(H,30,34). The lowest BCUT2D eigenvalue weighted by Crippen LogP contribution is -2.48. The molecule has 0 spiro atoms. The lowest BCUT2D eigenvalue weighted by molar-refractivity contribution is 0.0941. The summed E-state index contributed by atoms with van der Waals surface area (Å²) in [6.07, 6.45) is 5.11. The summed E-state index contributed by atoms with van der Waals surface area (Å²) in [6.45, 7) is 2.55. The van der Waals surface area contributed by atoms with Crippen molar-refractivity contribution in [1.29, 1.82) is 0 Å². The average molecular weight is 535 g/mol. The number of H-pyrrole nitrogens is 1. The first-order valence-corrected chi connectivity index (χ1v) is 14.7. The second kappa shape index (κ2) is 9.79. The number of fused-ring (bicyclic) bond motifs is 1. The van der Waals surface area contributed by atoms with E-state index in [1.165, 1.54) is 0 Å². The number of carbonyl (C=O) groups is 2. The van der Waals surface area contributed by atoms with E-state index in [0.717, 1.165) is 29.0 Å². The van der Waals surface area contributed by atoms with E-state index in [1.54, 1.807) is 12.1 Å². The van der Waals surface area contributed by atoms with Gasteiger partial charge in [0.1, 0.15) is 0 Å². The molecule has 4 heterocycles. The number of benzene rings is 2. The normalized spacial score (nSPS) is 22.4. The van der Waals surface area contributed by atoms with E-state index in [1.807, 2.05) is 58.6 Å². The fourth-order valence-corrected chi connectivity index (χ4v) is 7.33. The smallest absolute Gasteiger partial charge is 0.324 e. The van der Waals surface area contributed by atoms with Gasteiger partial charge in [-0.2, -0.15) is 5.10 Å². The minimum atomic E-state index is -3.06. The Bertz CT molecular complexity index is 1440. The second-order valence-corrected chi connectivity index (χ2v) is 12.4. The maximum absolute atomic E-state index is 13.6. The van der Waals surface area contributed by atoms with E-state index < -0.39 is 9.84 Å². The van der Waals surface area contributed by atoms with Crippen LogP contribution < -0.4 is 15.1 Å². The molecule has 2 saturated heterocycles. The lowest BCUT2D eigenvalue weighted by Gasteiger charge is -2.39. The summed E-state index contributed by atoms with van der Waals surface area (Å²) in [5.41, 5.74) is 4.34. The number of nitrogens with one attached hydrogen (secondary N) is 2. The topological polar surface area (TPSA) is 119 Å². The number of urea groups is 1. The third-order valence-corrected chi connectivity index (χ3v) is 9.47. The number of sulfone groups is 1. The van der Waals surface area contributed by atoms with Gasteiger partial charge >= 0.3 is 6.03 Å². The van der Waals surface area contributed by atoms with Gasteiger partial charge in [0.2, 0.25) is 0 Å². The zero-order chi connectivity index (χ0) is 26.3. The molecular weight excluding hydrogens is 504 g/mol. The predicted molar refractivity (Wildman–Crippen MR) is 145 cm³/mol. The highest BCUT2D eigenvalue weighted by Crippen LogP contribution is 2.39. The van der Waals surface area contributed by atoms with E-state index in [0.29, 0.717) is 44.1 Å². The van der Waals surface area contributed by atoms with Crippen molar-refractivity contribution in [3.05, 3.63) is 72.1 Å². The van der Waals surface area contributed by atoms with Crippen LogP contribution in [0.15, 0.2) is 60.9 Å². The molecule has 38 heavy (non-hydrogen) atoms. The molecule has 1 aromatic heterocycles. The molecule has 0 radical (unpaired) electrons. The number of rotatable bonds is 4. The lowest BCUT2D eigenvalue weighted by atomic mass is 10.0. The average Bonchev–Trinajstić information content (AvgIpc) is 3.69. The van der Waals surface area contributed by atoms with Crippen LogP contribution in [0.5, 0.6) is 0 Å². The quantitative estimate of drug-likeness (QED) is 0.531. The van der Waals surface area contributed by atoms with Gasteiger partial charge in [0.05, 0.1) is 29.1 Å². The highest BCUT2D eigenvalue weighted by Gasteiger charge is 2.34. The third kappa shape index (κ3) is 4.73. The minimum Gasteiger partial charge on any atom is -0.348 e. The number of nitrogens with zero attached hydrogens (tertiary/aromatic N) is 4. The Hall–Kier alpha value is -3.86. The molecule has 3 aromatic rings. The van der Waals surface area contributed by atoms with Crippen LogP contribution in [0.4, 0.5) is 21.9 Å². The summed E-state index contributed by atoms with van der Waals surface area (Å²) in [7, 11) is -3.06. The first-order chi connectivity index (χ1) is 18.4. The van der Waals surface area contributed by atoms with Crippen LogP contribution in [-0.2, 0) is 9.84 Å². The van der Waals surface area contributed by atoms with Crippen LogP contribution in [0.1, 0.15) is 34.7 Å². The van der Waals surface area contributed by atoms with E-state index in [-0.39, 0.29) is 29.5 Å². The summed E-state index contributed by atoms with van der Waals surface area (Å²) in [6, 6.07) is 14.9. The fraction of sp³-hybridized carbons (Fsp3) is 0.370. The van der Waals surface area contributed by atoms with Gasteiger partial charge in [-0.25, -0.2) is 13.2 Å². The highest BCUT2D eigenvalue weighted by molar-refractivity contribution is 7.91. The maximum atomic E-state index is 13.6. The van der Waals surface area contributed by atoms with Crippen molar-refractivity contribution in [2.75, 3.05) is 47.5 Å². The highest BCUT2D eigenvalue weighted by atomic mass is 32.2. The van der Waals surface area contributed by atoms with Crippen molar-refractivity contribution in [3.63, 3.8) is 0 Å². The minimum absolute atomic E-state index is 0.00197. The molecule has 10 nitrogen and oxygen atoms in total. The molecule has 2 unspecified atom stereocenters. The number of carbonyl (C=O) groups excluding carboxylic acids is 2. The van der Waals surface area contributed by atoms with Gasteiger partial charge in [-0.15, -0.1) is 0 Å².